The topological polar surface area (TPSA) is 6.48 Å². The summed E-state index contributed by atoms with van der Waals surface area (Å²) in [5.41, 5.74) is 1.46. The Balaban J connectivity index is 1.69. The summed E-state index contributed by atoms with van der Waals surface area (Å²) in [5, 5.41) is 0. The van der Waals surface area contributed by atoms with Crippen molar-refractivity contribution >= 4 is 0 Å². The minimum absolute atomic E-state index is 0.506. The Morgan fingerprint density at radius 1 is 0.531 bits per heavy atom. The molecular formula is C30H52N2. The third-order valence-electron chi connectivity index (χ3n) is 7.02. The molecule has 0 bridgehead atoms. The van der Waals surface area contributed by atoms with Gasteiger partial charge in [0.05, 0.1) is 0 Å². The summed E-state index contributed by atoms with van der Waals surface area (Å²) in [6, 6.07) is 11.1. The van der Waals surface area contributed by atoms with Crippen molar-refractivity contribution in [2.75, 3.05) is 13.1 Å². The molecule has 0 spiro atoms. The summed E-state index contributed by atoms with van der Waals surface area (Å²) >= 11 is 0. The van der Waals surface area contributed by atoms with Gasteiger partial charge in [0.15, 0.2) is 0 Å². The molecule has 0 radical (unpaired) electrons. The quantitative estimate of drug-likeness (QED) is 0.187. The predicted molar refractivity (Wildman–Crippen MR) is 142 cm³/mol. The van der Waals surface area contributed by atoms with E-state index in [0.717, 1.165) is 6.42 Å². The summed E-state index contributed by atoms with van der Waals surface area (Å²) in [6.07, 6.45) is 28.7. The molecule has 1 heterocycles. The first-order valence-corrected chi connectivity index (χ1v) is 14.1. The average molecular weight is 441 g/mol. The Labute approximate surface area is 200 Å². The fourth-order valence-corrected chi connectivity index (χ4v) is 4.92. The number of rotatable bonds is 20. The van der Waals surface area contributed by atoms with E-state index < -0.39 is 0 Å². The van der Waals surface area contributed by atoms with E-state index in [1.165, 1.54) is 121 Å². The highest BCUT2D eigenvalue weighted by Gasteiger charge is 2.25. The number of nitrogens with zero attached hydrogens (tertiary/aromatic N) is 2. The van der Waals surface area contributed by atoms with E-state index in [1.807, 2.05) is 0 Å². The number of benzene rings is 1. The molecule has 2 rings (SSSR count). The van der Waals surface area contributed by atoms with Crippen LogP contribution in [-0.2, 0) is 6.42 Å². The van der Waals surface area contributed by atoms with Crippen LogP contribution in [0.25, 0.3) is 0 Å². The van der Waals surface area contributed by atoms with Crippen molar-refractivity contribution < 1.29 is 0 Å². The first-order chi connectivity index (χ1) is 15.8. The van der Waals surface area contributed by atoms with E-state index in [4.69, 9.17) is 0 Å². The molecule has 0 aliphatic carbocycles. The van der Waals surface area contributed by atoms with Crippen LogP contribution < -0.4 is 0 Å². The summed E-state index contributed by atoms with van der Waals surface area (Å²) in [5.74, 6) is 0. The molecule has 1 atom stereocenters. The van der Waals surface area contributed by atoms with E-state index in [1.54, 1.807) is 0 Å². The van der Waals surface area contributed by atoms with Crippen LogP contribution in [0.15, 0.2) is 42.7 Å². The molecule has 0 fully saturated rings. The first-order valence-electron chi connectivity index (χ1n) is 14.1. The monoisotopic (exact) mass is 440 g/mol. The first kappa shape index (κ1) is 26.8. The zero-order valence-electron chi connectivity index (χ0n) is 21.4. The lowest BCUT2D eigenvalue weighted by Gasteiger charge is -2.33. The average Bonchev–Trinajstić information content (AvgIpc) is 3.19. The van der Waals surface area contributed by atoms with Crippen LogP contribution >= 0.6 is 0 Å². The van der Waals surface area contributed by atoms with E-state index in [0.29, 0.717) is 6.17 Å². The van der Waals surface area contributed by atoms with Gasteiger partial charge in [-0.3, -0.25) is 0 Å². The van der Waals surface area contributed by atoms with Crippen molar-refractivity contribution in [2.45, 2.75) is 129 Å². The highest BCUT2D eigenvalue weighted by Crippen LogP contribution is 2.22. The normalized spacial score (nSPS) is 15.8. The standard InChI is InChI=1S/C30H52N2/c1-3-5-7-9-11-12-14-16-21-25-32-27-26-31(24-20-15-13-10-8-6-4-2)30(32)28-29-22-18-17-19-23-29/h17-19,22-23,26-27,30H,3-16,20-21,24-25,28H2,1-2H3. The third kappa shape index (κ3) is 11.4. The Hall–Kier alpha value is -1.44. The highest BCUT2D eigenvalue weighted by molar-refractivity contribution is 5.17. The van der Waals surface area contributed by atoms with Crippen LogP contribution in [0.5, 0.6) is 0 Å². The van der Waals surface area contributed by atoms with Gasteiger partial charge in [0.2, 0.25) is 0 Å². The van der Waals surface area contributed by atoms with Gasteiger partial charge in [-0.05, 0) is 18.4 Å². The van der Waals surface area contributed by atoms with Gasteiger partial charge >= 0.3 is 0 Å². The van der Waals surface area contributed by atoms with Crippen molar-refractivity contribution in [3.05, 3.63) is 48.3 Å². The molecular weight excluding hydrogens is 388 g/mol. The van der Waals surface area contributed by atoms with Crippen molar-refractivity contribution in [2.24, 2.45) is 0 Å². The Morgan fingerprint density at radius 2 is 0.938 bits per heavy atom. The highest BCUT2D eigenvalue weighted by atomic mass is 15.4. The number of hydrogen-bond donors (Lipinski definition) is 0. The molecule has 0 saturated carbocycles. The van der Waals surface area contributed by atoms with Gasteiger partial charge in [-0.1, -0.05) is 134 Å². The second-order valence-electron chi connectivity index (χ2n) is 9.89. The smallest absolute Gasteiger partial charge is 0.105 e. The maximum Gasteiger partial charge on any atom is 0.105 e. The maximum atomic E-state index is 2.62. The SMILES string of the molecule is CCCCCCCCCCCN1C=CN(CCCCCCCCC)C1Cc1ccccc1. The van der Waals surface area contributed by atoms with E-state index in [9.17, 15) is 0 Å². The van der Waals surface area contributed by atoms with Crippen molar-refractivity contribution in [3.63, 3.8) is 0 Å². The Morgan fingerprint density at radius 3 is 1.38 bits per heavy atom. The Bertz CT molecular complexity index is 567. The van der Waals surface area contributed by atoms with Crippen LogP contribution in [0, 0.1) is 0 Å². The lowest BCUT2D eigenvalue weighted by molar-refractivity contribution is 0.148. The molecule has 1 unspecified atom stereocenters. The van der Waals surface area contributed by atoms with Gasteiger partial charge in [0.25, 0.3) is 0 Å². The number of unbranched alkanes of at least 4 members (excludes halogenated alkanes) is 14. The minimum Gasteiger partial charge on any atom is -0.356 e. The van der Waals surface area contributed by atoms with Gasteiger partial charge in [-0.25, -0.2) is 0 Å². The zero-order chi connectivity index (χ0) is 22.7. The van der Waals surface area contributed by atoms with Gasteiger partial charge in [-0.2, -0.15) is 0 Å². The number of hydrogen-bond acceptors (Lipinski definition) is 2. The largest absolute Gasteiger partial charge is 0.356 e. The van der Waals surface area contributed by atoms with Crippen molar-refractivity contribution in [1.29, 1.82) is 0 Å². The molecule has 2 nitrogen and oxygen atoms in total. The lowest BCUT2D eigenvalue weighted by atomic mass is 10.1. The molecule has 0 N–H and O–H groups in total. The molecule has 32 heavy (non-hydrogen) atoms. The fraction of sp³-hybridized carbons (Fsp3) is 0.733. The minimum atomic E-state index is 0.506. The molecule has 0 saturated heterocycles. The van der Waals surface area contributed by atoms with Gasteiger partial charge < -0.3 is 9.80 Å². The second kappa shape index (κ2) is 18.0. The molecule has 1 aromatic rings. The summed E-state index contributed by atoms with van der Waals surface area (Å²) < 4.78 is 0. The fourth-order valence-electron chi connectivity index (χ4n) is 4.92. The van der Waals surface area contributed by atoms with E-state index in [-0.39, 0.29) is 0 Å². The van der Waals surface area contributed by atoms with Gasteiger partial charge in [0, 0.05) is 31.9 Å². The van der Waals surface area contributed by atoms with Crippen LogP contribution in [0.4, 0.5) is 0 Å². The Kier molecular flexibility index (Phi) is 15.1. The van der Waals surface area contributed by atoms with Gasteiger partial charge in [0.1, 0.15) is 6.17 Å². The van der Waals surface area contributed by atoms with Crippen molar-refractivity contribution in [1.82, 2.24) is 9.80 Å². The molecule has 2 heteroatoms. The maximum absolute atomic E-state index is 2.62. The molecule has 1 aromatic carbocycles. The zero-order valence-corrected chi connectivity index (χ0v) is 21.4. The third-order valence-corrected chi connectivity index (χ3v) is 7.02. The lowest BCUT2D eigenvalue weighted by Crippen LogP contribution is -2.41. The molecule has 1 aliphatic heterocycles. The van der Waals surface area contributed by atoms with Crippen LogP contribution in [0.2, 0.25) is 0 Å². The van der Waals surface area contributed by atoms with Crippen molar-refractivity contribution in [3.8, 4) is 0 Å². The van der Waals surface area contributed by atoms with Crippen LogP contribution in [-0.4, -0.2) is 29.1 Å². The summed E-state index contributed by atoms with van der Waals surface area (Å²) in [4.78, 5) is 5.24. The summed E-state index contributed by atoms with van der Waals surface area (Å²) in [7, 11) is 0. The molecule has 182 valence electrons. The van der Waals surface area contributed by atoms with Gasteiger partial charge in [-0.15, -0.1) is 0 Å². The molecule has 1 aliphatic rings. The summed E-state index contributed by atoms with van der Waals surface area (Å²) in [6.45, 7) is 7.01. The van der Waals surface area contributed by atoms with E-state index >= 15 is 0 Å². The molecule has 0 amide bonds. The van der Waals surface area contributed by atoms with Crippen LogP contribution in [0.3, 0.4) is 0 Å². The predicted octanol–water partition coefficient (Wildman–Crippen LogP) is 8.93. The second-order valence-corrected chi connectivity index (χ2v) is 9.89. The molecule has 0 aromatic heterocycles. The van der Waals surface area contributed by atoms with E-state index in [2.05, 4.69) is 66.4 Å². The van der Waals surface area contributed by atoms with Crippen LogP contribution in [0.1, 0.15) is 122 Å².